The van der Waals surface area contributed by atoms with Gasteiger partial charge in [0, 0.05) is 24.7 Å². The van der Waals surface area contributed by atoms with Crippen LogP contribution in [0.15, 0.2) is 24.3 Å². The number of fused-ring (bicyclic) bond motifs is 2. The van der Waals surface area contributed by atoms with Gasteiger partial charge in [-0.3, -0.25) is 4.79 Å². The maximum Gasteiger partial charge on any atom is 0.227 e. The third kappa shape index (κ3) is 2.22. The second-order valence-electron chi connectivity index (χ2n) is 6.04. The molecule has 1 aromatic rings. The molecule has 3 rings (SSSR count). The van der Waals surface area contributed by atoms with Crippen molar-refractivity contribution in [3.8, 4) is 0 Å². The maximum absolute atomic E-state index is 13.8. The Balaban J connectivity index is 1.74. The fraction of sp³-hybridized carbons (Fsp3) is 0.562. The van der Waals surface area contributed by atoms with Gasteiger partial charge >= 0.3 is 0 Å². The van der Waals surface area contributed by atoms with Crippen molar-refractivity contribution >= 4 is 5.91 Å². The molecule has 1 N–H and O–H groups in total. The van der Waals surface area contributed by atoms with Gasteiger partial charge in [0.1, 0.15) is 5.82 Å². The first kappa shape index (κ1) is 13.6. The van der Waals surface area contributed by atoms with E-state index in [2.05, 4.69) is 5.32 Å². The van der Waals surface area contributed by atoms with Crippen LogP contribution in [0.5, 0.6) is 0 Å². The highest BCUT2D eigenvalue weighted by Crippen LogP contribution is 2.35. The van der Waals surface area contributed by atoms with E-state index in [1.807, 2.05) is 13.0 Å². The van der Waals surface area contributed by atoms with E-state index >= 15 is 0 Å². The summed E-state index contributed by atoms with van der Waals surface area (Å²) in [5.41, 5.74) is 0.583. The molecule has 1 amide bonds. The van der Waals surface area contributed by atoms with Gasteiger partial charge in [0.2, 0.25) is 5.91 Å². The Hall–Kier alpha value is -1.42. The van der Waals surface area contributed by atoms with Gasteiger partial charge in [-0.15, -0.1) is 0 Å². The Morgan fingerprint density at radius 3 is 2.75 bits per heavy atom. The Kier molecular flexibility index (Phi) is 3.50. The molecule has 4 unspecified atom stereocenters. The number of rotatable bonds is 3. The summed E-state index contributed by atoms with van der Waals surface area (Å²) in [4.78, 5) is 14.3. The number of carbonyl (C=O) groups is 1. The zero-order valence-corrected chi connectivity index (χ0v) is 12.0. The van der Waals surface area contributed by atoms with Crippen molar-refractivity contribution in [2.24, 2.45) is 5.92 Å². The molecule has 20 heavy (non-hydrogen) atoms. The zero-order chi connectivity index (χ0) is 14.3. The van der Waals surface area contributed by atoms with Crippen LogP contribution in [0.25, 0.3) is 0 Å². The minimum Gasteiger partial charge on any atom is -0.339 e. The molecule has 0 aromatic heterocycles. The summed E-state index contributed by atoms with van der Waals surface area (Å²) in [6, 6.07) is 7.28. The molecule has 3 nitrogen and oxygen atoms in total. The van der Waals surface area contributed by atoms with Crippen molar-refractivity contribution in [2.75, 3.05) is 7.05 Å². The molecular weight excluding hydrogens is 255 g/mol. The molecular formula is C16H21FN2O. The molecule has 0 spiro atoms. The summed E-state index contributed by atoms with van der Waals surface area (Å²) >= 11 is 0. The van der Waals surface area contributed by atoms with Gasteiger partial charge in [-0.1, -0.05) is 18.2 Å². The predicted octanol–water partition coefficient (Wildman–Crippen LogP) is 2.49. The minimum atomic E-state index is -0.245. The highest BCUT2D eigenvalue weighted by Gasteiger charge is 2.44. The van der Waals surface area contributed by atoms with E-state index in [1.165, 1.54) is 12.5 Å². The summed E-state index contributed by atoms with van der Waals surface area (Å²) in [6.45, 7) is 1.89. The van der Waals surface area contributed by atoms with E-state index in [0.717, 1.165) is 12.8 Å². The van der Waals surface area contributed by atoms with Gasteiger partial charge < -0.3 is 10.2 Å². The van der Waals surface area contributed by atoms with Crippen LogP contribution in [0.3, 0.4) is 0 Å². The number of hydrogen-bond donors (Lipinski definition) is 1. The molecule has 2 heterocycles. The highest BCUT2D eigenvalue weighted by atomic mass is 19.1. The number of nitrogens with one attached hydrogen (secondary N) is 1. The Morgan fingerprint density at radius 2 is 2.15 bits per heavy atom. The number of hydrogen-bond acceptors (Lipinski definition) is 2. The van der Waals surface area contributed by atoms with Crippen LogP contribution in [0, 0.1) is 11.7 Å². The lowest BCUT2D eigenvalue weighted by Gasteiger charge is -2.30. The Bertz CT molecular complexity index is 519. The van der Waals surface area contributed by atoms with Crippen LogP contribution in [0.2, 0.25) is 0 Å². The SMILES string of the molecule is CC(c1ccccc1F)N(C)C(=O)C1CC2CCC1N2. The number of carbonyl (C=O) groups excluding carboxylic acids is 1. The molecule has 2 fully saturated rings. The normalized spacial score (nSPS) is 29.4. The third-order valence-corrected chi connectivity index (χ3v) is 4.90. The molecule has 2 bridgehead atoms. The largest absolute Gasteiger partial charge is 0.339 e. The molecule has 2 aliphatic rings. The van der Waals surface area contributed by atoms with Crippen LogP contribution < -0.4 is 5.32 Å². The molecule has 108 valence electrons. The van der Waals surface area contributed by atoms with Crippen molar-refractivity contribution in [2.45, 2.75) is 44.3 Å². The minimum absolute atomic E-state index is 0.0629. The Morgan fingerprint density at radius 1 is 1.40 bits per heavy atom. The average Bonchev–Trinajstić information content (AvgIpc) is 3.08. The predicted molar refractivity (Wildman–Crippen MR) is 75.6 cm³/mol. The number of benzene rings is 1. The Labute approximate surface area is 119 Å². The molecule has 4 atom stereocenters. The molecule has 2 aliphatic heterocycles. The van der Waals surface area contributed by atoms with E-state index < -0.39 is 0 Å². The number of nitrogens with zero attached hydrogens (tertiary/aromatic N) is 1. The van der Waals surface area contributed by atoms with Crippen LogP contribution in [-0.4, -0.2) is 29.9 Å². The van der Waals surface area contributed by atoms with Crippen LogP contribution >= 0.6 is 0 Å². The van der Waals surface area contributed by atoms with E-state index in [1.54, 1.807) is 24.1 Å². The second kappa shape index (κ2) is 5.17. The molecule has 0 saturated carbocycles. The number of amides is 1. The van der Waals surface area contributed by atoms with Gasteiger partial charge in [0.05, 0.1) is 12.0 Å². The summed E-state index contributed by atoms with van der Waals surface area (Å²) in [5.74, 6) is -0.0425. The zero-order valence-electron chi connectivity index (χ0n) is 12.0. The standard InChI is InChI=1S/C16H21FN2O/c1-10(12-5-3-4-6-14(12)17)19(2)16(20)13-9-11-7-8-15(13)18-11/h3-6,10-11,13,15,18H,7-9H2,1-2H3. The second-order valence-corrected chi connectivity index (χ2v) is 6.04. The maximum atomic E-state index is 13.8. The van der Waals surface area contributed by atoms with E-state index in [0.29, 0.717) is 17.6 Å². The quantitative estimate of drug-likeness (QED) is 0.920. The topological polar surface area (TPSA) is 32.3 Å². The highest BCUT2D eigenvalue weighted by molar-refractivity contribution is 5.80. The van der Waals surface area contributed by atoms with Crippen molar-refractivity contribution < 1.29 is 9.18 Å². The smallest absolute Gasteiger partial charge is 0.227 e. The fourth-order valence-electron chi connectivity index (χ4n) is 3.57. The fourth-order valence-corrected chi connectivity index (χ4v) is 3.57. The summed E-state index contributed by atoms with van der Waals surface area (Å²) in [6.07, 6.45) is 3.20. The van der Waals surface area contributed by atoms with E-state index in [4.69, 9.17) is 0 Å². The first-order valence-corrected chi connectivity index (χ1v) is 7.35. The first-order chi connectivity index (χ1) is 9.58. The van der Waals surface area contributed by atoms with Crippen molar-refractivity contribution in [3.63, 3.8) is 0 Å². The van der Waals surface area contributed by atoms with Crippen molar-refractivity contribution in [1.29, 1.82) is 0 Å². The van der Waals surface area contributed by atoms with Gasteiger partial charge in [0.15, 0.2) is 0 Å². The lowest BCUT2D eigenvalue weighted by atomic mass is 9.87. The van der Waals surface area contributed by atoms with Crippen molar-refractivity contribution in [3.05, 3.63) is 35.6 Å². The average molecular weight is 276 g/mol. The lowest BCUT2D eigenvalue weighted by molar-refractivity contribution is -0.136. The first-order valence-electron chi connectivity index (χ1n) is 7.35. The summed E-state index contributed by atoms with van der Waals surface area (Å²) < 4.78 is 13.8. The van der Waals surface area contributed by atoms with E-state index in [9.17, 15) is 9.18 Å². The van der Waals surface area contributed by atoms with Crippen LogP contribution in [0.1, 0.15) is 37.8 Å². The number of halogens is 1. The van der Waals surface area contributed by atoms with Gasteiger partial charge in [-0.25, -0.2) is 4.39 Å². The van der Waals surface area contributed by atoms with Gasteiger partial charge in [-0.2, -0.15) is 0 Å². The van der Waals surface area contributed by atoms with E-state index in [-0.39, 0.29) is 23.7 Å². The molecule has 0 aliphatic carbocycles. The summed E-state index contributed by atoms with van der Waals surface area (Å²) in [5, 5.41) is 3.48. The monoisotopic (exact) mass is 276 g/mol. The molecule has 2 saturated heterocycles. The third-order valence-electron chi connectivity index (χ3n) is 4.90. The lowest BCUT2D eigenvalue weighted by Crippen LogP contribution is -2.40. The van der Waals surface area contributed by atoms with Gasteiger partial charge in [0.25, 0.3) is 0 Å². The van der Waals surface area contributed by atoms with Gasteiger partial charge in [-0.05, 0) is 32.3 Å². The van der Waals surface area contributed by atoms with Crippen LogP contribution in [0.4, 0.5) is 4.39 Å². The van der Waals surface area contributed by atoms with Crippen molar-refractivity contribution in [1.82, 2.24) is 10.2 Å². The molecule has 0 radical (unpaired) electrons. The summed E-state index contributed by atoms with van der Waals surface area (Å²) in [7, 11) is 1.78. The van der Waals surface area contributed by atoms with Crippen LogP contribution in [-0.2, 0) is 4.79 Å². The molecule has 4 heteroatoms. The molecule has 1 aromatic carbocycles.